The summed E-state index contributed by atoms with van der Waals surface area (Å²) in [5.74, 6) is 1.48. The van der Waals surface area contributed by atoms with Crippen LogP contribution in [0.15, 0.2) is 59.6 Å². The maximum atomic E-state index is 12.4. The smallest absolute Gasteiger partial charge is 0.233 e. The van der Waals surface area contributed by atoms with E-state index in [9.17, 15) is 4.79 Å². The normalized spacial score (nSPS) is 11.8. The minimum absolute atomic E-state index is 0.0300. The predicted octanol–water partition coefficient (Wildman–Crippen LogP) is 4.00. The van der Waals surface area contributed by atoms with E-state index in [-0.39, 0.29) is 11.2 Å². The van der Waals surface area contributed by atoms with Gasteiger partial charge in [0.2, 0.25) is 5.91 Å². The van der Waals surface area contributed by atoms with Crippen molar-refractivity contribution in [3.63, 3.8) is 0 Å². The molecule has 0 fully saturated rings. The van der Waals surface area contributed by atoms with E-state index in [1.54, 1.807) is 24.5 Å². The molecule has 0 aliphatic rings. The Balaban J connectivity index is 1.72. The Kier molecular flexibility index (Phi) is 6.89. The topological polar surface area (TPSA) is 69.0 Å². The molecule has 3 aromatic rings. The van der Waals surface area contributed by atoms with Gasteiger partial charge in [-0.05, 0) is 42.6 Å². The lowest BCUT2D eigenvalue weighted by atomic mass is 10.2. The van der Waals surface area contributed by atoms with Gasteiger partial charge in [0.05, 0.1) is 18.9 Å². The average Bonchev–Trinajstić information content (AvgIpc) is 3.37. The summed E-state index contributed by atoms with van der Waals surface area (Å²) in [5, 5.41) is 14.0. The highest BCUT2D eigenvalue weighted by Crippen LogP contribution is 2.28. The third kappa shape index (κ3) is 4.82. The van der Waals surface area contributed by atoms with Gasteiger partial charge in [-0.25, -0.2) is 0 Å². The van der Waals surface area contributed by atoms with Crippen molar-refractivity contribution in [1.29, 1.82) is 0 Å². The molecular weight excluding hydrogens is 392 g/mol. The van der Waals surface area contributed by atoms with Crippen LogP contribution in [0.2, 0.25) is 0 Å². The summed E-state index contributed by atoms with van der Waals surface area (Å²) >= 11 is 3.01. The SMILES string of the molecule is C=CCn1c(S[C@H](C)C(=O)NCc2cccs2)nnc1-c1ccc(OC)cc1. The first-order valence-electron chi connectivity index (χ1n) is 8.77. The molecule has 8 heteroatoms. The summed E-state index contributed by atoms with van der Waals surface area (Å²) in [7, 11) is 1.63. The molecule has 1 amide bonds. The van der Waals surface area contributed by atoms with Crippen LogP contribution in [0.5, 0.6) is 5.75 Å². The Morgan fingerprint density at radius 2 is 2.14 bits per heavy atom. The molecule has 2 heterocycles. The molecule has 0 saturated heterocycles. The molecule has 0 unspecified atom stereocenters. The Labute approximate surface area is 172 Å². The molecule has 28 heavy (non-hydrogen) atoms. The molecule has 0 aliphatic carbocycles. The summed E-state index contributed by atoms with van der Waals surface area (Å²) in [6.45, 7) is 6.79. The van der Waals surface area contributed by atoms with E-state index in [2.05, 4.69) is 22.1 Å². The van der Waals surface area contributed by atoms with Crippen molar-refractivity contribution in [2.45, 2.75) is 30.4 Å². The number of rotatable bonds is 9. The van der Waals surface area contributed by atoms with Crippen LogP contribution in [0.3, 0.4) is 0 Å². The van der Waals surface area contributed by atoms with Gasteiger partial charge >= 0.3 is 0 Å². The van der Waals surface area contributed by atoms with Crippen molar-refractivity contribution < 1.29 is 9.53 Å². The lowest BCUT2D eigenvalue weighted by molar-refractivity contribution is -0.120. The fraction of sp³-hybridized carbons (Fsp3) is 0.250. The summed E-state index contributed by atoms with van der Waals surface area (Å²) in [5.41, 5.74) is 0.928. The van der Waals surface area contributed by atoms with Crippen LogP contribution in [0.4, 0.5) is 0 Å². The van der Waals surface area contributed by atoms with Gasteiger partial charge in [0.1, 0.15) is 5.75 Å². The number of hydrogen-bond donors (Lipinski definition) is 1. The molecule has 146 valence electrons. The van der Waals surface area contributed by atoms with Gasteiger partial charge in [-0.1, -0.05) is 23.9 Å². The predicted molar refractivity (Wildman–Crippen MR) is 114 cm³/mol. The number of carbonyl (C=O) groups excluding carboxylic acids is 1. The second-order valence-electron chi connectivity index (χ2n) is 5.99. The Hall–Kier alpha value is -2.58. The van der Waals surface area contributed by atoms with E-state index in [1.807, 2.05) is 53.3 Å². The maximum absolute atomic E-state index is 12.4. The Bertz CT molecular complexity index is 920. The first-order valence-corrected chi connectivity index (χ1v) is 10.5. The second kappa shape index (κ2) is 9.57. The van der Waals surface area contributed by atoms with E-state index in [4.69, 9.17) is 4.74 Å². The first kappa shape index (κ1) is 20.2. The van der Waals surface area contributed by atoms with Gasteiger partial charge in [-0.3, -0.25) is 9.36 Å². The zero-order chi connectivity index (χ0) is 19.9. The second-order valence-corrected chi connectivity index (χ2v) is 8.33. The van der Waals surface area contributed by atoms with Crippen LogP contribution in [0.1, 0.15) is 11.8 Å². The molecule has 0 spiro atoms. The summed E-state index contributed by atoms with van der Waals surface area (Å²) in [4.78, 5) is 13.6. The zero-order valence-electron chi connectivity index (χ0n) is 15.8. The number of carbonyl (C=O) groups is 1. The number of hydrogen-bond acceptors (Lipinski definition) is 6. The molecule has 1 N–H and O–H groups in total. The first-order chi connectivity index (χ1) is 13.6. The third-order valence-corrected chi connectivity index (χ3v) is 6.00. The molecule has 0 saturated carbocycles. The average molecular weight is 415 g/mol. The molecule has 1 aromatic carbocycles. The number of thiophene rings is 1. The highest BCUT2D eigenvalue weighted by molar-refractivity contribution is 8.00. The van der Waals surface area contributed by atoms with Crippen LogP contribution < -0.4 is 10.1 Å². The number of nitrogens with one attached hydrogen (secondary N) is 1. The summed E-state index contributed by atoms with van der Waals surface area (Å²) in [6.07, 6.45) is 1.79. The van der Waals surface area contributed by atoms with Crippen LogP contribution in [-0.4, -0.2) is 33.0 Å². The standard InChI is InChI=1S/C20H22N4O2S2/c1-4-11-24-18(15-7-9-16(26-3)10-8-15)22-23-20(24)28-14(2)19(25)21-13-17-6-5-12-27-17/h4-10,12,14H,1,11,13H2,2-3H3,(H,21,25)/t14-/m1/s1. The lowest BCUT2D eigenvalue weighted by Gasteiger charge is -2.12. The van der Waals surface area contributed by atoms with Gasteiger partial charge in [0.25, 0.3) is 0 Å². The largest absolute Gasteiger partial charge is 0.497 e. The molecule has 0 radical (unpaired) electrons. The summed E-state index contributed by atoms with van der Waals surface area (Å²) < 4.78 is 7.17. The molecule has 0 bridgehead atoms. The van der Waals surface area contributed by atoms with E-state index in [1.165, 1.54) is 11.8 Å². The quantitative estimate of drug-likeness (QED) is 0.423. The number of ether oxygens (including phenoxy) is 1. The molecule has 0 aliphatic heterocycles. The molecule has 6 nitrogen and oxygen atoms in total. The van der Waals surface area contributed by atoms with Crippen LogP contribution in [0, 0.1) is 0 Å². The number of allylic oxidation sites excluding steroid dienone is 1. The van der Waals surface area contributed by atoms with Crippen molar-refractivity contribution in [1.82, 2.24) is 20.1 Å². The van der Waals surface area contributed by atoms with Crippen LogP contribution in [-0.2, 0) is 17.9 Å². The van der Waals surface area contributed by atoms with Gasteiger partial charge in [0, 0.05) is 17.0 Å². The van der Waals surface area contributed by atoms with E-state index in [0.717, 1.165) is 22.0 Å². The Morgan fingerprint density at radius 1 is 1.36 bits per heavy atom. The highest BCUT2D eigenvalue weighted by atomic mass is 32.2. The van der Waals surface area contributed by atoms with Gasteiger partial charge < -0.3 is 10.1 Å². The van der Waals surface area contributed by atoms with Gasteiger partial charge in [-0.2, -0.15) is 0 Å². The Morgan fingerprint density at radius 3 is 2.79 bits per heavy atom. The van der Waals surface area contributed by atoms with E-state index >= 15 is 0 Å². The maximum Gasteiger partial charge on any atom is 0.233 e. The number of benzene rings is 1. The van der Waals surface area contributed by atoms with Crippen molar-refractivity contribution in [3.05, 3.63) is 59.3 Å². The van der Waals surface area contributed by atoms with Crippen LogP contribution >= 0.6 is 23.1 Å². The molecule has 1 atom stereocenters. The van der Waals surface area contributed by atoms with Crippen molar-refractivity contribution >= 4 is 29.0 Å². The van der Waals surface area contributed by atoms with Crippen molar-refractivity contribution in [2.24, 2.45) is 0 Å². The van der Waals surface area contributed by atoms with E-state index in [0.29, 0.717) is 18.2 Å². The highest BCUT2D eigenvalue weighted by Gasteiger charge is 2.20. The van der Waals surface area contributed by atoms with Crippen LogP contribution in [0.25, 0.3) is 11.4 Å². The molecule has 3 rings (SSSR count). The van der Waals surface area contributed by atoms with E-state index < -0.39 is 0 Å². The zero-order valence-corrected chi connectivity index (χ0v) is 17.4. The third-order valence-electron chi connectivity index (χ3n) is 4.05. The van der Waals surface area contributed by atoms with Crippen molar-refractivity contribution in [2.75, 3.05) is 7.11 Å². The summed E-state index contributed by atoms with van der Waals surface area (Å²) in [6, 6.07) is 11.6. The minimum atomic E-state index is -0.295. The van der Waals surface area contributed by atoms with Gasteiger partial charge in [0.15, 0.2) is 11.0 Å². The number of nitrogens with zero attached hydrogens (tertiary/aromatic N) is 3. The number of aromatic nitrogens is 3. The number of thioether (sulfide) groups is 1. The fourth-order valence-corrected chi connectivity index (χ4v) is 4.09. The lowest BCUT2D eigenvalue weighted by Crippen LogP contribution is -2.30. The minimum Gasteiger partial charge on any atom is -0.497 e. The fourth-order valence-electron chi connectivity index (χ4n) is 2.57. The van der Waals surface area contributed by atoms with Crippen molar-refractivity contribution in [3.8, 4) is 17.1 Å². The monoisotopic (exact) mass is 414 g/mol. The molecule has 2 aromatic heterocycles. The number of amides is 1. The van der Waals surface area contributed by atoms with Gasteiger partial charge in [-0.15, -0.1) is 28.1 Å². The molecular formula is C20H22N4O2S2. The number of methoxy groups -OCH3 is 1.